The van der Waals surface area contributed by atoms with Gasteiger partial charge in [-0.15, -0.1) is 5.10 Å². The van der Waals surface area contributed by atoms with Gasteiger partial charge in [-0.2, -0.15) is 4.39 Å². The Kier molecular flexibility index (Phi) is 5.60. The van der Waals surface area contributed by atoms with Gasteiger partial charge in [0.05, 0.1) is 22.0 Å². The van der Waals surface area contributed by atoms with Crippen LogP contribution in [0.15, 0.2) is 23.7 Å². The zero-order valence-corrected chi connectivity index (χ0v) is 15.6. The second kappa shape index (κ2) is 7.73. The number of hydrogen-bond acceptors (Lipinski definition) is 4. The first-order chi connectivity index (χ1) is 12.4. The highest BCUT2D eigenvalue weighted by Gasteiger charge is 2.25. The summed E-state index contributed by atoms with van der Waals surface area (Å²) in [6.45, 7) is 5.70. The van der Waals surface area contributed by atoms with Gasteiger partial charge in [-0.3, -0.25) is 4.79 Å². The number of amides is 1. The molecule has 1 saturated heterocycles. The summed E-state index contributed by atoms with van der Waals surface area (Å²) in [6, 6.07) is 2.86. The van der Waals surface area contributed by atoms with E-state index < -0.39 is 18.1 Å². The van der Waals surface area contributed by atoms with Gasteiger partial charge in [0.15, 0.2) is 6.23 Å². The third kappa shape index (κ3) is 3.90. The van der Waals surface area contributed by atoms with Crippen LogP contribution in [0.4, 0.5) is 10.1 Å². The fourth-order valence-electron chi connectivity index (χ4n) is 2.86. The van der Waals surface area contributed by atoms with Crippen molar-refractivity contribution >= 4 is 34.8 Å². The number of ether oxygens (including phenoxy) is 1. The first kappa shape index (κ1) is 18.8. The van der Waals surface area contributed by atoms with Crippen molar-refractivity contribution in [1.29, 1.82) is 0 Å². The molecule has 3 heterocycles. The molecule has 3 rings (SSSR count). The van der Waals surface area contributed by atoms with Gasteiger partial charge in [-0.05, 0) is 32.3 Å². The standard InChI is InChI=1S/C17H17Cl2FN4O2/c1-9-7-11(22-17(25)10(2)18)15(16(19)21-9)12-8-13(20)23-24(12)14-5-3-4-6-26-14/h7-8,14H,2-6H2,1H3,(H,21,22,25). The van der Waals surface area contributed by atoms with Crippen LogP contribution in [0.3, 0.4) is 0 Å². The molecule has 1 fully saturated rings. The molecule has 1 unspecified atom stereocenters. The highest BCUT2D eigenvalue weighted by atomic mass is 35.5. The second-order valence-electron chi connectivity index (χ2n) is 5.95. The fraction of sp³-hybridized carbons (Fsp3) is 0.353. The van der Waals surface area contributed by atoms with E-state index in [2.05, 4.69) is 22.0 Å². The van der Waals surface area contributed by atoms with Crippen molar-refractivity contribution < 1.29 is 13.9 Å². The van der Waals surface area contributed by atoms with Gasteiger partial charge in [0.25, 0.3) is 5.91 Å². The molecule has 138 valence electrons. The van der Waals surface area contributed by atoms with E-state index in [1.807, 2.05) is 0 Å². The summed E-state index contributed by atoms with van der Waals surface area (Å²) in [7, 11) is 0. The van der Waals surface area contributed by atoms with E-state index in [1.54, 1.807) is 13.0 Å². The van der Waals surface area contributed by atoms with E-state index in [9.17, 15) is 9.18 Å². The maximum Gasteiger partial charge on any atom is 0.266 e. The van der Waals surface area contributed by atoms with E-state index in [0.29, 0.717) is 35.7 Å². The molecule has 0 spiro atoms. The number of rotatable bonds is 4. The number of pyridine rings is 1. The largest absolute Gasteiger partial charge is 0.356 e. The SMILES string of the molecule is C=C(Cl)C(=O)Nc1cc(C)nc(Cl)c1-c1cc(F)nn1C1CCCCO1. The molecule has 9 heteroatoms. The Bertz CT molecular complexity index is 863. The molecule has 6 nitrogen and oxygen atoms in total. The topological polar surface area (TPSA) is 69.0 Å². The van der Waals surface area contributed by atoms with E-state index in [1.165, 1.54) is 10.7 Å². The van der Waals surface area contributed by atoms with E-state index in [4.69, 9.17) is 27.9 Å². The molecule has 1 N–H and O–H groups in total. The first-order valence-corrected chi connectivity index (χ1v) is 8.82. The fourth-order valence-corrected chi connectivity index (χ4v) is 3.23. The van der Waals surface area contributed by atoms with Crippen molar-refractivity contribution in [2.45, 2.75) is 32.4 Å². The first-order valence-electron chi connectivity index (χ1n) is 8.06. The number of nitrogens with zero attached hydrogens (tertiary/aromatic N) is 3. The Labute approximate surface area is 160 Å². The van der Waals surface area contributed by atoms with Gasteiger partial charge in [0.1, 0.15) is 5.15 Å². The number of carbonyl (C=O) groups excluding carboxylic acids is 1. The van der Waals surface area contributed by atoms with Crippen LogP contribution in [-0.2, 0) is 9.53 Å². The lowest BCUT2D eigenvalue weighted by Gasteiger charge is -2.25. The Balaban J connectivity index is 2.11. The summed E-state index contributed by atoms with van der Waals surface area (Å²) in [5, 5.41) is 6.47. The van der Waals surface area contributed by atoms with Crippen molar-refractivity contribution in [2.24, 2.45) is 0 Å². The molecule has 0 radical (unpaired) electrons. The van der Waals surface area contributed by atoms with Crippen LogP contribution < -0.4 is 5.32 Å². The Morgan fingerprint density at radius 3 is 2.88 bits per heavy atom. The lowest BCUT2D eigenvalue weighted by Crippen LogP contribution is -2.20. The zero-order valence-electron chi connectivity index (χ0n) is 14.1. The number of nitrogens with one attached hydrogen (secondary N) is 1. The van der Waals surface area contributed by atoms with Gasteiger partial charge in [-0.1, -0.05) is 29.8 Å². The van der Waals surface area contributed by atoms with Crippen molar-refractivity contribution in [3.63, 3.8) is 0 Å². The number of aryl methyl sites for hydroxylation is 1. The van der Waals surface area contributed by atoms with Crippen LogP contribution in [0, 0.1) is 12.9 Å². The molecule has 1 amide bonds. The normalized spacial score (nSPS) is 17.2. The van der Waals surface area contributed by atoms with Gasteiger partial charge in [-0.25, -0.2) is 9.67 Å². The summed E-state index contributed by atoms with van der Waals surface area (Å²) < 4.78 is 21.1. The molecule has 2 aromatic rings. The van der Waals surface area contributed by atoms with Crippen molar-refractivity contribution in [3.8, 4) is 11.3 Å². The molecule has 26 heavy (non-hydrogen) atoms. The molecular formula is C17H17Cl2FN4O2. The molecule has 0 bridgehead atoms. The quantitative estimate of drug-likeness (QED) is 0.610. The number of anilines is 1. The molecule has 0 aromatic carbocycles. The average molecular weight is 399 g/mol. The predicted octanol–water partition coefficient (Wildman–Crippen LogP) is 4.44. The Morgan fingerprint density at radius 1 is 1.46 bits per heavy atom. The van der Waals surface area contributed by atoms with Gasteiger partial charge in [0, 0.05) is 18.4 Å². The van der Waals surface area contributed by atoms with Crippen LogP contribution >= 0.6 is 23.2 Å². The molecular weight excluding hydrogens is 382 g/mol. The van der Waals surface area contributed by atoms with Crippen LogP contribution in [0.2, 0.25) is 5.15 Å². The molecule has 1 atom stereocenters. The van der Waals surface area contributed by atoms with E-state index >= 15 is 0 Å². The highest BCUT2D eigenvalue weighted by Crippen LogP contribution is 2.37. The number of aromatic nitrogens is 3. The average Bonchev–Trinajstić information content (AvgIpc) is 2.96. The zero-order chi connectivity index (χ0) is 18.8. The monoisotopic (exact) mass is 398 g/mol. The number of hydrogen-bond donors (Lipinski definition) is 1. The molecule has 1 aliphatic heterocycles. The smallest absolute Gasteiger partial charge is 0.266 e. The Hall–Kier alpha value is -1.96. The second-order valence-corrected chi connectivity index (χ2v) is 6.77. The lowest BCUT2D eigenvalue weighted by atomic mass is 10.1. The van der Waals surface area contributed by atoms with Crippen molar-refractivity contribution in [3.05, 3.63) is 40.5 Å². The van der Waals surface area contributed by atoms with Crippen molar-refractivity contribution in [2.75, 3.05) is 11.9 Å². The Morgan fingerprint density at radius 2 is 2.23 bits per heavy atom. The summed E-state index contributed by atoms with van der Waals surface area (Å²) in [5.74, 6) is -1.26. The summed E-state index contributed by atoms with van der Waals surface area (Å²) in [4.78, 5) is 16.2. The molecule has 1 aliphatic rings. The van der Waals surface area contributed by atoms with Crippen LogP contribution in [0.5, 0.6) is 0 Å². The predicted molar refractivity (Wildman–Crippen MR) is 97.6 cm³/mol. The summed E-state index contributed by atoms with van der Waals surface area (Å²) in [6.07, 6.45) is 2.18. The van der Waals surface area contributed by atoms with Gasteiger partial charge in [0.2, 0.25) is 5.95 Å². The van der Waals surface area contributed by atoms with Crippen LogP contribution in [0.25, 0.3) is 11.3 Å². The number of halogens is 3. The molecule has 2 aromatic heterocycles. The third-order valence-corrected chi connectivity index (χ3v) is 4.43. The minimum atomic E-state index is -0.676. The summed E-state index contributed by atoms with van der Waals surface area (Å²) >= 11 is 12.0. The van der Waals surface area contributed by atoms with Crippen LogP contribution in [-0.4, -0.2) is 27.3 Å². The minimum absolute atomic E-state index is 0.109. The maximum absolute atomic E-state index is 14.0. The lowest BCUT2D eigenvalue weighted by molar-refractivity contribution is -0.112. The van der Waals surface area contributed by atoms with Crippen molar-refractivity contribution in [1.82, 2.24) is 14.8 Å². The van der Waals surface area contributed by atoms with Gasteiger partial charge >= 0.3 is 0 Å². The highest BCUT2D eigenvalue weighted by molar-refractivity contribution is 6.43. The van der Waals surface area contributed by atoms with Gasteiger partial charge < -0.3 is 10.1 Å². The third-order valence-electron chi connectivity index (χ3n) is 3.99. The molecule has 0 saturated carbocycles. The maximum atomic E-state index is 14.0. The van der Waals surface area contributed by atoms with E-state index in [0.717, 1.165) is 12.8 Å². The molecule has 0 aliphatic carbocycles. The van der Waals surface area contributed by atoms with E-state index in [-0.39, 0.29) is 10.2 Å². The van der Waals surface area contributed by atoms with Crippen LogP contribution in [0.1, 0.15) is 31.2 Å². The number of carbonyl (C=O) groups is 1. The summed E-state index contributed by atoms with van der Waals surface area (Å²) in [5.41, 5.74) is 1.62. The minimum Gasteiger partial charge on any atom is -0.356 e.